The third kappa shape index (κ3) is 3.62. The third-order valence-electron chi connectivity index (χ3n) is 5.67. The molecule has 1 unspecified atom stereocenters. The van der Waals surface area contributed by atoms with Crippen molar-refractivity contribution in [3.05, 3.63) is 66.4 Å². The molecule has 0 bridgehead atoms. The number of hydrogen-bond acceptors (Lipinski definition) is 5. The van der Waals surface area contributed by atoms with Gasteiger partial charge >= 0.3 is 0 Å². The van der Waals surface area contributed by atoms with E-state index in [1.165, 1.54) is 5.52 Å². The molecule has 0 radical (unpaired) electrons. The Morgan fingerprint density at radius 2 is 2.00 bits per heavy atom. The minimum atomic E-state index is -0.0465. The van der Waals surface area contributed by atoms with E-state index in [0.29, 0.717) is 6.61 Å². The van der Waals surface area contributed by atoms with Crippen LogP contribution in [0.25, 0.3) is 22.3 Å². The Kier molecular flexibility index (Phi) is 5.06. The maximum atomic E-state index is 6.09. The number of fused-ring (bicyclic) bond motifs is 1. The smallest absolute Gasteiger partial charge is 0.124 e. The summed E-state index contributed by atoms with van der Waals surface area (Å²) in [5, 5.41) is 4.26. The van der Waals surface area contributed by atoms with Gasteiger partial charge in [-0.05, 0) is 31.2 Å². The number of imidazole rings is 1. The van der Waals surface area contributed by atoms with E-state index in [0.717, 1.165) is 54.5 Å². The number of pyridine rings is 1. The van der Waals surface area contributed by atoms with Crippen molar-refractivity contribution in [1.29, 1.82) is 0 Å². The topological polar surface area (TPSA) is 61.0 Å². The van der Waals surface area contributed by atoms with Crippen LogP contribution >= 0.6 is 0 Å². The lowest BCUT2D eigenvalue weighted by atomic mass is 10.1. The van der Waals surface area contributed by atoms with Crippen LogP contribution in [0, 0.1) is 0 Å². The van der Waals surface area contributed by atoms with E-state index in [9.17, 15) is 0 Å². The number of aryl methyl sites for hydroxylation is 2. The van der Waals surface area contributed by atoms with Gasteiger partial charge in [0.05, 0.1) is 41.8 Å². The fourth-order valence-corrected chi connectivity index (χ4v) is 4.17. The van der Waals surface area contributed by atoms with Gasteiger partial charge in [0.1, 0.15) is 11.9 Å². The summed E-state index contributed by atoms with van der Waals surface area (Å²) in [6.45, 7) is 6.29. The van der Waals surface area contributed by atoms with Crippen LogP contribution in [0.5, 0.6) is 0 Å². The van der Waals surface area contributed by atoms with Gasteiger partial charge in [-0.1, -0.05) is 18.2 Å². The molecule has 0 N–H and O–H groups in total. The van der Waals surface area contributed by atoms with E-state index < -0.39 is 0 Å². The standard InChI is InChI=1S/C23H26N6O/c1-3-29-21-10-5-4-7-19(21)26-23(29)16-28-11-12-30-22(15-28)20-9-6-8-18(25-20)17-13-24-27(2)14-17/h4-10,13-14,22H,3,11-12,15-16H2,1-2H3. The van der Waals surface area contributed by atoms with Gasteiger partial charge in [-0.15, -0.1) is 0 Å². The molecule has 1 saturated heterocycles. The fraction of sp³-hybridized carbons (Fsp3) is 0.348. The number of para-hydroxylation sites is 2. The summed E-state index contributed by atoms with van der Waals surface area (Å²) in [5.74, 6) is 1.11. The molecule has 0 amide bonds. The molecule has 1 aromatic carbocycles. The number of rotatable bonds is 5. The summed E-state index contributed by atoms with van der Waals surface area (Å²) in [7, 11) is 1.92. The van der Waals surface area contributed by atoms with E-state index in [2.05, 4.69) is 45.8 Å². The first kappa shape index (κ1) is 19.0. The van der Waals surface area contributed by atoms with E-state index in [-0.39, 0.29) is 6.10 Å². The summed E-state index contributed by atoms with van der Waals surface area (Å²) < 4.78 is 10.2. The molecule has 4 heterocycles. The maximum absolute atomic E-state index is 6.09. The molecule has 1 aliphatic rings. The minimum Gasteiger partial charge on any atom is -0.369 e. The second kappa shape index (κ2) is 8.01. The Hall–Kier alpha value is -3.03. The molecule has 1 fully saturated rings. The molecule has 1 atom stereocenters. The van der Waals surface area contributed by atoms with Crippen LogP contribution in [-0.2, 0) is 24.9 Å². The van der Waals surface area contributed by atoms with Gasteiger partial charge in [-0.2, -0.15) is 5.10 Å². The largest absolute Gasteiger partial charge is 0.369 e. The second-order valence-electron chi connectivity index (χ2n) is 7.71. The Morgan fingerprint density at radius 1 is 1.10 bits per heavy atom. The van der Waals surface area contributed by atoms with E-state index >= 15 is 0 Å². The number of ether oxygens (including phenoxy) is 1. The molecule has 0 spiro atoms. The number of nitrogens with zero attached hydrogens (tertiary/aromatic N) is 6. The van der Waals surface area contributed by atoms with Crippen molar-refractivity contribution in [3.8, 4) is 11.3 Å². The minimum absolute atomic E-state index is 0.0465. The van der Waals surface area contributed by atoms with Crippen LogP contribution in [-0.4, -0.2) is 48.9 Å². The highest BCUT2D eigenvalue weighted by atomic mass is 16.5. The lowest BCUT2D eigenvalue weighted by Crippen LogP contribution is -2.38. The molecule has 154 valence electrons. The van der Waals surface area contributed by atoms with Gasteiger partial charge < -0.3 is 9.30 Å². The van der Waals surface area contributed by atoms with Crippen molar-refractivity contribution in [2.75, 3.05) is 19.7 Å². The monoisotopic (exact) mass is 402 g/mol. The number of benzene rings is 1. The Labute approximate surface area is 175 Å². The highest BCUT2D eigenvalue weighted by Crippen LogP contribution is 2.25. The zero-order chi connectivity index (χ0) is 20.5. The van der Waals surface area contributed by atoms with Crippen LogP contribution < -0.4 is 0 Å². The molecular formula is C23H26N6O. The summed E-state index contributed by atoms with van der Waals surface area (Å²) >= 11 is 0. The quantitative estimate of drug-likeness (QED) is 0.512. The molecule has 4 aromatic rings. The predicted molar refractivity (Wildman–Crippen MR) is 116 cm³/mol. The van der Waals surface area contributed by atoms with Crippen LogP contribution in [0.3, 0.4) is 0 Å². The molecule has 0 aliphatic carbocycles. The van der Waals surface area contributed by atoms with E-state index in [1.807, 2.05) is 37.6 Å². The Bertz CT molecular complexity index is 1160. The first-order chi connectivity index (χ1) is 14.7. The normalized spacial score (nSPS) is 17.6. The van der Waals surface area contributed by atoms with Crippen molar-refractivity contribution in [2.24, 2.45) is 7.05 Å². The predicted octanol–water partition coefficient (Wildman–Crippen LogP) is 3.43. The highest BCUT2D eigenvalue weighted by molar-refractivity contribution is 5.75. The lowest BCUT2D eigenvalue weighted by Gasteiger charge is -2.32. The Balaban J connectivity index is 1.36. The van der Waals surface area contributed by atoms with Gasteiger partial charge in [0.15, 0.2) is 0 Å². The summed E-state index contributed by atoms with van der Waals surface area (Å²) in [6, 6.07) is 14.5. The zero-order valence-corrected chi connectivity index (χ0v) is 17.4. The van der Waals surface area contributed by atoms with Crippen LogP contribution in [0.2, 0.25) is 0 Å². The second-order valence-corrected chi connectivity index (χ2v) is 7.71. The van der Waals surface area contributed by atoms with Gasteiger partial charge in [0.25, 0.3) is 0 Å². The average Bonchev–Trinajstić information content (AvgIpc) is 3.37. The highest BCUT2D eigenvalue weighted by Gasteiger charge is 2.25. The molecule has 7 nitrogen and oxygen atoms in total. The summed E-state index contributed by atoms with van der Waals surface area (Å²) in [4.78, 5) is 12.2. The van der Waals surface area contributed by atoms with E-state index in [4.69, 9.17) is 14.7 Å². The van der Waals surface area contributed by atoms with Crippen LogP contribution in [0.4, 0.5) is 0 Å². The van der Waals surface area contributed by atoms with Crippen molar-refractivity contribution in [2.45, 2.75) is 26.1 Å². The first-order valence-electron chi connectivity index (χ1n) is 10.5. The summed E-state index contributed by atoms with van der Waals surface area (Å²) in [6.07, 6.45) is 3.78. The van der Waals surface area contributed by atoms with Crippen molar-refractivity contribution < 1.29 is 4.74 Å². The SMILES string of the molecule is CCn1c(CN2CCOC(c3cccc(-c4cnn(C)c4)n3)C2)nc2ccccc21. The molecule has 5 rings (SSSR count). The van der Waals surface area contributed by atoms with Crippen LogP contribution in [0.15, 0.2) is 54.9 Å². The average molecular weight is 403 g/mol. The zero-order valence-electron chi connectivity index (χ0n) is 17.4. The number of morpholine rings is 1. The molecule has 7 heteroatoms. The number of hydrogen-bond donors (Lipinski definition) is 0. The van der Waals surface area contributed by atoms with Gasteiger partial charge in [0, 0.05) is 38.4 Å². The Morgan fingerprint density at radius 3 is 2.83 bits per heavy atom. The van der Waals surface area contributed by atoms with E-state index in [1.54, 1.807) is 4.68 Å². The van der Waals surface area contributed by atoms with Crippen LogP contribution in [0.1, 0.15) is 24.5 Å². The van der Waals surface area contributed by atoms with Crippen molar-refractivity contribution in [1.82, 2.24) is 29.2 Å². The molecule has 3 aromatic heterocycles. The maximum Gasteiger partial charge on any atom is 0.124 e. The third-order valence-corrected chi connectivity index (χ3v) is 5.67. The number of aromatic nitrogens is 5. The first-order valence-corrected chi connectivity index (χ1v) is 10.5. The lowest BCUT2D eigenvalue weighted by molar-refractivity contribution is -0.0359. The molecular weight excluding hydrogens is 376 g/mol. The van der Waals surface area contributed by atoms with Gasteiger partial charge in [-0.25, -0.2) is 9.97 Å². The van der Waals surface area contributed by atoms with Gasteiger partial charge in [-0.3, -0.25) is 9.58 Å². The summed E-state index contributed by atoms with van der Waals surface area (Å²) in [5.41, 5.74) is 5.17. The van der Waals surface area contributed by atoms with Crippen molar-refractivity contribution in [3.63, 3.8) is 0 Å². The molecule has 0 saturated carbocycles. The fourth-order valence-electron chi connectivity index (χ4n) is 4.17. The molecule has 1 aliphatic heterocycles. The van der Waals surface area contributed by atoms with Crippen molar-refractivity contribution >= 4 is 11.0 Å². The molecule has 30 heavy (non-hydrogen) atoms. The van der Waals surface area contributed by atoms with Gasteiger partial charge in [0.2, 0.25) is 0 Å².